The Morgan fingerprint density at radius 1 is 1.09 bits per heavy atom. The van der Waals surface area contributed by atoms with Crippen LogP contribution in [0.2, 0.25) is 0 Å². The van der Waals surface area contributed by atoms with E-state index in [0.717, 1.165) is 73.7 Å². The van der Waals surface area contributed by atoms with E-state index in [9.17, 15) is 8.42 Å². The number of hydrogen-bond acceptors (Lipinski definition) is 5. The molecule has 7 heteroatoms. The third-order valence-electron chi connectivity index (χ3n) is 6.70. The molecule has 0 radical (unpaired) electrons. The van der Waals surface area contributed by atoms with Crippen molar-refractivity contribution >= 4 is 21.2 Å². The number of thiazole rings is 1. The van der Waals surface area contributed by atoms with Gasteiger partial charge in [-0.25, -0.2) is 13.4 Å². The number of nitrogens with one attached hydrogen (secondary N) is 1. The van der Waals surface area contributed by atoms with Crippen molar-refractivity contribution in [3.05, 3.63) is 58.7 Å². The minimum Gasteiger partial charge on any atom is -0.381 e. The number of sulfone groups is 1. The molecule has 1 N–H and O–H groups in total. The van der Waals surface area contributed by atoms with E-state index < -0.39 is 9.84 Å². The molecular formula is C25H30N2O3S2. The molecular weight excluding hydrogens is 440 g/mol. The van der Waals surface area contributed by atoms with Gasteiger partial charge >= 0.3 is 0 Å². The maximum atomic E-state index is 12.6. The Labute approximate surface area is 194 Å². The van der Waals surface area contributed by atoms with E-state index in [2.05, 4.69) is 29.0 Å². The van der Waals surface area contributed by atoms with Gasteiger partial charge in [-0.2, -0.15) is 0 Å². The second-order valence-electron chi connectivity index (χ2n) is 8.97. The molecule has 1 atom stereocenters. The van der Waals surface area contributed by atoms with Gasteiger partial charge < -0.3 is 9.72 Å². The zero-order valence-electron chi connectivity index (χ0n) is 18.4. The SMILES string of the molecule is CCc1cnc(-c2ccc(C(CC3CCOCC3)c3ccc(S(=O)(=O)C4CC4)cc3)[nH]2)s1. The third kappa shape index (κ3) is 4.56. The molecule has 0 amide bonds. The van der Waals surface area contributed by atoms with Crippen LogP contribution in [0.3, 0.4) is 0 Å². The molecule has 1 aliphatic heterocycles. The summed E-state index contributed by atoms with van der Waals surface area (Å²) >= 11 is 1.73. The number of aromatic amines is 1. The Morgan fingerprint density at radius 2 is 1.84 bits per heavy atom. The van der Waals surface area contributed by atoms with Gasteiger partial charge in [-0.05, 0) is 74.3 Å². The second kappa shape index (κ2) is 9.12. The van der Waals surface area contributed by atoms with Gasteiger partial charge in [0, 0.05) is 35.9 Å². The lowest BCUT2D eigenvalue weighted by Crippen LogP contribution is -2.19. The Kier molecular flexibility index (Phi) is 6.23. The predicted octanol–water partition coefficient (Wildman–Crippen LogP) is 5.59. The van der Waals surface area contributed by atoms with Crippen LogP contribution in [0, 0.1) is 5.92 Å². The largest absolute Gasteiger partial charge is 0.381 e. The molecule has 2 aliphatic rings. The highest BCUT2D eigenvalue weighted by Gasteiger charge is 2.37. The minimum absolute atomic E-state index is 0.177. The number of hydrogen-bond donors (Lipinski definition) is 1. The second-order valence-corrected chi connectivity index (χ2v) is 12.3. The van der Waals surface area contributed by atoms with Crippen LogP contribution in [0.25, 0.3) is 10.7 Å². The van der Waals surface area contributed by atoms with Crippen LogP contribution in [-0.4, -0.2) is 36.8 Å². The highest BCUT2D eigenvalue weighted by atomic mass is 32.2. The number of benzene rings is 1. The Morgan fingerprint density at radius 3 is 2.50 bits per heavy atom. The van der Waals surface area contributed by atoms with Gasteiger partial charge in [0.2, 0.25) is 0 Å². The molecule has 3 heterocycles. The Hall–Kier alpha value is -1.96. The summed E-state index contributed by atoms with van der Waals surface area (Å²) in [6.07, 6.45) is 7.70. The molecule has 1 aromatic carbocycles. The van der Waals surface area contributed by atoms with E-state index in [1.807, 2.05) is 18.3 Å². The highest BCUT2D eigenvalue weighted by Crippen LogP contribution is 2.38. The van der Waals surface area contributed by atoms with Crippen LogP contribution in [0.4, 0.5) is 0 Å². The summed E-state index contributed by atoms with van der Waals surface area (Å²) in [5, 5.41) is 0.840. The molecule has 170 valence electrons. The fourth-order valence-electron chi connectivity index (χ4n) is 4.55. The van der Waals surface area contributed by atoms with Crippen molar-refractivity contribution in [3.63, 3.8) is 0 Å². The van der Waals surface area contributed by atoms with Crippen molar-refractivity contribution in [2.24, 2.45) is 5.92 Å². The van der Waals surface area contributed by atoms with Crippen LogP contribution in [0.15, 0.2) is 47.5 Å². The van der Waals surface area contributed by atoms with Crippen LogP contribution < -0.4 is 0 Å². The third-order valence-corrected chi connectivity index (χ3v) is 10.2. The Bertz CT molecular complexity index is 1150. The molecule has 0 bridgehead atoms. The first-order chi connectivity index (χ1) is 15.5. The summed E-state index contributed by atoms with van der Waals surface area (Å²) in [4.78, 5) is 9.94. The maximum absolute atomic E-state index is 12.6. The standard InChI is InChI=1S/C25H30N2O3S2/c1-2-19-16-26-25(31-19)24-10-9-23(27-24)22(15-17-11-13-30-14-12-17)18-3-5-20(6-4-18)32(28,29)21-7-8-21/h3-6,9-10,16-17,21-22,27H,2,7-8,11-15H2,1H3. The lowest BCUT2D eigenvalue weighted by Gasteiger charge is -2.27. The van der Waals surface area contributed by atoms with Gasteiger partial charge in [0.15, 0.2) is 9.84 Å². The highest BCUT2D eigenvalue weighted by molar-refractivity contribution is 7.92. The fraction of sp³-hybridized carbons (Fsp3) is 0.480. The summed E-state index contributed by atoms with van der Waals surface area (Å²) in [6, 6.07) is 11.9. The minimum atomic E-state index is -3.16. The van der Waals surface area contributed by atoms with Crippen LogP contribution in [-0.2, 0) is 21.0 Å². The zero-order valence-corrected chi connectivity index (χ0v) is 20.1. The van der Waals surface area contributed by atoms with Gasteiger partial charge in [-0.3, -0.25) is 0 Å². The van der Waals surface area contributed by atoms with Gasteiger partial charge in [-0.1, -0.05) is 19.1 Å². The van der Waals surface area contributed by atoms with E-state index >= 15 is 0 Å². The molecule has 2 aromatic heterocycles. The van der Waals surface area contributed by atoms with Gasteiger partial charge in [-0.15, -0.1) is 11.3 Å². The van der Waals surface area contributed by atoms with E-state index in [1.165, 1.54) is 4.88 Å². The zero-order chi connectivity index (χ0) is 22.1. The van der Waals surface area contributed by atoms with E-state index in [-0.39, 0.29) is 11.2 Å². The van der Waals surface area contributed by atoms with Crippen LogP contribution >= 0.6 is 11.3 Å². The summed E-state index contributed by atoms with van der Waals surface area (Å²) < 4.78 is 30.8. The first kappa shape index (κ1) is 21.9. The molecule has 5 rings (SSSR count). The quantitative estimate of drug-likeness (QED) is 0.466. The van der Waals surface area contributed by atoms with Crippen molar-refractivity contribution in [1.29, 1.82) is 0 Å². The van der Waals surface area contributed by atoms with Crippen molar-refractivity contribution in [1.82, 2.24) is 9.97 Å². The van der Waals surface area contributed by atoms with Crippen LogP contribution in [0.1, 0.15) is 61.1 Å². The maximum Gasteiger partial charge on any atom is 0.181 e. The number of aryl methyl sites for hydroxylation is 1. The number of aromatic nitrogens is 2. The molecule has 0 spiro atoms. The van der Waals surface area contributed by atoms with Crippen molar-refractivity contribution in [3.8, 4) is 10.7 Å². The lowest BCUT2D eigenvalue weighted by atomic mass is 9.83. The molecule has 1 aliphatic carbocycles. The number of nitrogens with zero attached hydrogens (tertiary/aromatic N) is 1. The van der Waals surface area contributed by atoms with Gasteiger partial charge in [0.25, 0.3) is 0 Å². The Balaban J connectivity index is 1.44. The van der Waals surface area contributed by atoms with E-state index in [0.29, 0.717) is 10.8 Å². The molecule has 32 heavy (non-hydrogen) atoms. The van der Waals surface area contributed by atoms with Gasteiger partial charge in [0.05, 0.1) is 15.8 Å². The average Bonchev–Trinajstić information content (AvgIpc) is 3.39. The number of ether oxygens (including phenoxy) is 1. The average molecular weight is 471 g/mol. The summed E-state index contributed by atoms with van der Waals surface area (Å²) in [6.45, 7) is 3.80. The van der Waals surface area contributed by atoms with Gasteiger partial charge in [0.1, 0.15) is 5.01 Å². The molecule has 3 aromatic rings. The summed E-state index contributed by atoms with van der Waals surface area (Å²) in [5.74, 6) is 0.789. The van der Waals surface area contributed by atoms with Crippen molar-refractivity contribution < 1.29 is 13.2 Å². The first-order valence-corrected chi connectivity index (χ1v) is 14.0. The van der Waals surface area contributed by atoms with E-state index in [1.54, 1.807) is 23.5 Å². The van der Waals surface area contributed by atoms with Crippen LogP contribution in [0.5, 0.6) is 0 Å². The first-order valence-electron chi connectivity index (χ1n) is 11.6. The van der Waals surface area contributed by atoms with Crippen molar-refractivity contribution in [2.75, 3.05) is 13.2 Å². The normalized spacial score (nSPS) is 18.7. The number of rotatable bonds is 8. The smallest absolute Gasteiger partial charge is 0.181 e. The van der Waals surface area contributed by atoms with Crippen molar-refractivity contribution in [2.45, 2.75) is 61.5 Å². The summed E-state index contributed by atoms with van der Waals surface area (Å²) in [7, 11) is -3.16. The monoisotopic (exact) mass is 470 g/mol. The summed E-state index contributed by atoms with van der Waals surface area (Å²) in [5.41, 5.74) is 3.38. The predicted molar refractivity (Wildman–Crippen MR) is 128 cm³/mol. The fourth-order valence-corrected chi connectivity index (χ4v) is 7.04. The number of H-pyrrole nitrogens is 1. The topological polar surface area (TPSA) is 72.0 Å². The molecule has 1 saturated heterocycles. The van der Waals surface area contributed by atoms with E-state index in [4.69, 9.17) is 4.74 Å². The molecule has 1 saturated carbocycles. The molecule has 5 nitrogen and oxygen atoms in total. The lowest BCUT2D eigenvalue weighted by molar-refractivity contribution is 0.0626. The molecule has 1 unspecified atom stereocenters. The molecule has 2 fully saturated rings.